The van der Waals surface area contributed by atoms with Crippen LogP contribution < -0.4 is 10.0 Å². The first-order valence-electron chi connectivity index (χ1n) is 7.06. The quantitative estimate of drug-likeness (QED) is 0.693. The van der Waals surface area contributed by atoms with Gasteiger partial charge in [-0.25, -0.2) is 21.6 Å². The fraction of sp³-hybridized carbons (Fsp3) is 0.357. The molecule has 0 bridgehead atoms. The molecule has 1 amide bonds. The number of benzene rings is 1. The van der Waals surface area contributed by atoms with E-state index in [2.05, 4.69) is 16.6 Å². The highest BCUT2D eigenvalue weighted by molar-refractivity contribution is 7.91. The van der Waals surface area contributed by atoms with Crippen molar-refractivity contribution in [3.63, 3.8) is 0 Å². The Labute approximate surface area is 146 Å². The van der Waals surface area contributed by atoms with Crippen molar-refractivity contribution in [1.82, 2.24) is 10.0 Å². The van der Waals surface area contributed by atoms with Gasteiger partial charge in [0.05, 0.1) is 16.5 Å². The minimum Gasteiger partial charge on any atom is -0.348 e. The van der Waals surface area contributed by atoms with Gasteiger partial charge in [0.2, 0.25) is 10.0 Å². The molecule has 0 radical (unpaired) electrons. The number of carbonyl (C=O) groups is 1. The van der Waals surface area contributed by atoms with Crippen molar-refractivity contribution in [1.29, 1.82) is 0 Å². The fourth-order valence-electron chi connectivity index (χ4n) is 2.27. The van der Waals surface area contributed by atoms with Gasteiger partial charge in [-0.15, -0.1) is 6.58 Å². The number of carbonyl (C=O) groups excluding carboxylic acids is 1. The predicted molar refractivity (Wildman–Crippen MR) is 91.4 cm³/mol. The van der Waals surface area contributed by atoms with Crippen LogP contribution in [0.4, 0.5) is 0 Å². The molecule has 0 aromatic heterocycles. The van der Waals surface area contributed by atoms with E-state index in [0.29, 0.717) is 6.42 Å². The van der Waals surface area contributed by atoms with E-state index in [0.717, 1.165) is 6.07 Å². The van der Waals surface area contributed by atoms with Crippen molar-refractivity contribution in [2.45, 2.75) is 17.4 Å². The number of halogens is 1. The molecule has 2 rings (SSSR count). The van der Waals surface area contributed by atoms with Crippen LogP contribution in [-0.2, 0) is 19.9 Å². The highest BCUT2D eigenvalue weighted by Crippen LogP contribution is 2.23. The first-order valence-corrected chi connectivity index (χ1v) is 10.7. The Morgan fingerprint density at radius 1 is 1.42 bits per heavy atom. The number of sulfonamides is 1. The number of rotatable bonds is 6. The van der Waals surface area contributed by atoms with Gasteiger partial charge in [-0.05, 0) is 24.6 Å². The van der Waals surface area contributed by atoms with Crippen LogP contribution in [0, 0.1) is 0 Å². The first-order chi connectivity index (χ1) is 11.1. The zero-order chi connectivity index (χ0) is 18.0. The number of nitrogens with one attached hydrogen (secondary N) is 2. The summed E-state index contributed by atoms with van der Waals surface area (Å²) in [5.74, 6) is -0.629. The zero-order valence-corrected chi connectivity index (χ0v) is 15.0. The number of sulfone groups is 1. The van der Waals surface area contributed by atoms with Crippen LogP contribution in [-0.4, -0.2) is 46.8 Å². The van der Waals surface area contributed by atoms with E-state index in [4.69, 9.17) is 11.6 Å². The summed E-state index contributed by atoms with van der Waals surface area (Å²) in [6, 6.07) is 3.38. The van der Waals surface area contributed by atoms with Gasteiger partial charge >= 0.3 is 0 Å². The maximum absolute atomic E-state index is 12.2. The molecular formula is C14H17ClN2O5S2. The SMILES string of the molecule is C=CCNS(=O)(=O)c1cc(C(=O)NC2CCS(=O)(=O)C2)ccc1Cl. The molecule has 1 unspecified atom stereocenters. The van der Waals surface area contributed by atoms with E-state index < -0.39 is 31.8 Å². The molecule has 7 nitrogen and oxygen atoms in total. The molecule has 1 aliphatic rings. The fourth-order valence-corrected chi connectivity index (χ4v) is 5.47. The lowest BCUT2D eigenvalue weighted by Crippen LogP contribution is -2.35. The lowest BCUT2D eigenvalue weighted by Gasteiger charge is -2.12. The van der Waals surface area contributed by atoms with Gasteiger partial charge in [-0.3, -0.25) is 4.79 Å². The van der Waals surface area contributed by atoms with Gasteiger partial charge in [0, 0.05) is 18.2 Å². The van der Waals surface area contributed by atoms with Crippen molar-refractivity contribution in [3.8, 4) is 0 Å². The van der Waals surface area contributed by atoms with E-state index in [1.165, 1.54) is 18.2 Å². The van der Waals surface area contributed by atoms with Gasteiger partial charge in [-0.2, -0.15) is 0 Å². The lowest BCUT2D eigenvalue weighted by atomic mass is 10.2. The number of hydrogen-bond acceptors (Lipinski definition) is 5. The maximum atomic E-state index is 12.2. The van der Waals surface area contributed by atoms with E-state index in [1.807, 2.05) is 0 Å². The minimum absolute atomic E-state index is 0.0217. The molecule has 0 aliphatic carbocycles. The van der Waals surface area contributed by atoms with Crippen molar-refractivity contribution >= 4 is 37.4 Å². The van der Waals surface area contributed by atoms with Crippen LogP contribution in [0.3, 0.4) is 0 Å². The van der Waals surface area contributed by atoms with Crippen molar-refractivity contribution < 1.29 is 21.6 Å². The Hall–Kier alpha value is -1.42. The summed E-state index contributed by atoms with van der Waals surface area (Å²) in [5, 5.41) is 2.58. The molecule has 132 valence electrons. The summed E-state index contributed by atoms with van der Waals surface area (Å²) in [5.41, 5.74) is 0.0858. The van der Waals surface area contributed by atoms with Crippen molar-refractivity contribution in [3.05, 3.63) is 41.4 Å². The third-order valence-electron chi connectivity index (χ3n) is 3.47. The molecule has 0 spiro atoms. The maximum Gasteiger partial charge on any atom is 0.251 e. The minimum atomic E-state index is -3.88. The molecule has 1 aliphatic heterocycles. The van der Waals surface area contributed by atoms with Crippen LogP contribution in [0.5, 0.6) is 0 Å². The van der Waals surface area contributed by atoms with Gasteiger partial charge in [0.25, 0.3) is 5.91 Å². The average molecular weight is 393 g/mol. The summed E-state index contributed by atoms with van der Waals surface area (Å²) >= 11 is 5.92. The third kappa shape index (κ3) is 4.56. The monoisotopic (exact) mass is 392 g/mol. The molecule has 24 heavy (non-hydrogen) atoms. The molecule has 1 saturated heterocycles. The molecule has 1 heterocycles. The number of hydrogen-bond donors (Lipinski definition) is 2. The predicted octanol–water partition coefficient (Wildman–Crippen LogP) is 0.721. The van der Waals surface area contributed by atoms with Crippen molar-refractivity contribution in [2.75, 3.05) is 18.1 Å². The smallest absolute Gasteiger partial charge is 0.251 e. The molecule has 2 N–H and O–H groups in total. The van der Waals surface area contributed by atoms with Crippen LogP contribution in [0.25, 0.3) is 0 Å². The van der Waals surface area contributed by atoms with Crippen LogP contribution in [0.2, 0.25) is 5.02 Å². The molecule has 1 fully saturated rings. The molecule has 10 heteroatoms. The largest absolute Gasteiger partial charge is 0.348 e. The molecular weight excluding hydrogens is 376 g/mol. The summed E-state index contributed by atoms with van der Waals surface area (Å²) in [7, 11) is -7.01. The standard InChI is InChI=1S/C14H17ClN2O5S2/c1-2-6-16-24(21,22)13-8-10(3-4-12(13)15)14(18)17-11-5-7-23(19,20)9-11/h2-4,8,11,16H,1,5-7,9H2,(H,17,18). The third-order valence-corrected chi connectivity index (χ3v) is 7.14. The Kier molecular flexibility index (Phi) is 5.69. The van der Waals surface area contributed by atoms with Gasteiger partial charge in [0.1, 0.15) is 4.90 Å². The van der Waals surface area contributed by atoms with Crippen molar-refractivity contribution in [2.24, 2.45) is 0 Å². The summed E-state index contributed by atoms with van der Waals surface area (Å²) in [6.45, 7) is 3.44. The molecule has 1 atom stereocenters. The van der Waals surface area contributed by atoms with Gasteiger partial charge < -0.3 is 5.32 Å². The average Bonchev–Trinajstić information content (AvgIpc) is 2.84. The van der Waals surface area contributed by atoms with Crippen LogP contribution >= 0.6 is 11.6 Å². The highest BCUT2D eigenvalue weighted by Gasteiger charge is 2.29. The highest BCUT2D eigenvalue weighted by atomic mass is 35.5. The second-order valence-corrected chi connectivity index (χ2v) is 9.73. The Morgan fingerprint density at radius 3 is 2.71 bits per heavy atom. The zero-order valence-electron chi connectivity index (χ0n) is 12.7. The number of amides is 1. The Balaban J connectivity index is 2.21. The van der Waals surface area contributed by atoms with E-state index in [9.17, 15) is 21.6 Å². The Morgan fingerprint density at radius 2 is 2.12 bits per heavy atom. The van der Waals surface area contributed by atoms with Gasteiger partial charge in [-0.1, -0.05) is 17.7 Å². The molecule has 1 aromatic carbocycles. The second kappa shape index (κ2) is 7.22. The van der Waals surface area contributed by atoms with E-state index in [1.54, 1.807) is 0 Å². The molecule has 1 aromatic rings. The summed E-state index contributed by atoms with van der Waals surface area (Å²) in [6.07, 6.45) is 1.72. The topological polar surface area (TPSA) is 109 Å². The van der Waals surface area contributed by atoms with Gasteiger partial charge in [0.15, 0.2) is 9.84 Å². The first kappa shape index (κ1) is 18.9. The van der Waals surface area contributed by atoms with E-state index >= 15 is 0 Å². The lowest BCUT2D eigenvalue weighted by molar-refractivity contribution is 0.0941. The van der Waals surface area contributed by atoms with E-state index in [-0.39, 0.29) is 33.5 Å². The normalized spacial score (nSPS) is 19.8. The van der Waals surface area contributed by atoms with Crippen LogP contribution in [0.1, 0.15) is 16.8 Å². The van der Waals surface area contributed by atoms with Crippen LogP contribution in [0.15, 0.2) is 35.7 Å². The second-order valence-electron chi connectivity index (χ2n) is 5.36. The summed E-state index contributed by atoms with van der Waals surface area (Å²) in [4.78, 5) is 12.0. The summed E-state index contributed by atoms with van der Waals surface area (Å²) < 4.78 is 49.4. The Bertz CT molecular complexity index is 865. The molecule has 0 saturated carbocycles.